The van der Waals surface area contributed by atoms with E-state index in [9.17, 15) is 8.42 Å². The molecule has 0 amide bonds. The van der Waals surface area contributed by atoms with E-state index in [1.807, 2.05) is 38.1 Å². The van der Waals surface area contributed by atoms with E-state index in [1.54, 1.807) is 14.1 Å². The first-order valence-corrected chi connectivity index (χ1v) is 8.26. The number of hydrogen-bond donors (Lipinski definition) is 1. The monoisotopic (exact) mass is 298 g/mol. The van der Waals surface area contributed by atoms with Crippen LogP contribution < -0.4 is 10.1 Å². The molecule has 0 aliphatic carbocycles. The maximum absolute atomic E-state index is 11.8. The number of nitrogens with zero attached hydrogens (tertiary/aromatic N) is 1. The Hall–Kier alpha value is -1.11. The third-order valence-corrected chi connectivity index (χ3v) is 5.40. The van der Waals surface area contributed by atoms with E-state index in [1.165, 1.54) is 4.31 Å². The van der Waals surface area contributed by atoms with Crippen LogP contribution in [0.15, 0.2) is 24.3 Å². The minimum Gasteiger partial charge on any atom is -0.486 e. The van der Waals surface area contributed by atoms with Gasteiger partial charge in [-0.05, 0) is 19.9 Å². The standard InChI is InChI=1S/C14H22N2O3S/c1-14(2)13(11-7-5-6-8-12(11)19-14)15-9-10-20(17,18)16(3)4/h5-8,13,15H,9-10H2,1-4H3. The van der Waals surface area contributed by atoms with Crippen molar-refractivity contribution in [2.45, 2.75) is 25.5 Å². The number of rotatable bonds is 5. The van der Waals surface area contributed by atoms with Gasteiger partial charge in [-0.15, -0.1) is 0 Å². The lowest BCUT2D eigenvalue weighted by Crippen LogP contribution is -2.41. The first-order valence-electron chi connectivity index (χ1n) is 6.65. The second-order valence-corrected chi connectivity index (χ2v) is 8.03. The Labute approximate surface area is 121 Å². The average Bonchev–Trinajstić information content (AvgIpc) is 2.60. The van der Waals surface area contributed by atoms with Gasteiger partial charge in [-0.3, -0.25) is 0 Å². The molecule has 1 aromatic rings. The highest BCUT2D eigenvalue weighted by Gasteiger charge is 2.40. The quantitative estimate of drug-likeness (QED) is 0.892. The fourth-order valence-electron chi connectivity index (χ4n) is 2.40. The van der Waals surface area contributed by atoms with Crippen LogP contribution in [0.3, 0.4) is 0 Å². The van der Waals surface area contributed by atoms with Gasteiger partial charge in [0.05, 0.1) is 11.8 Å². The zero-order valence-electron chi connectivity index (χ0n) is 12.4. The van der Waals surface area contributed by atoms with E-state index in [0.29, 0.717) is 6.54 Å². The van der Waals surface area contributed by atoms with E-state index in [-0.39, 0.29) is 17.4 Å². The normalized spacial score (nSPS) is 20.8. The van der Waals surface area contributed by atoms with Crippen molar-refractivity contribution in [3.63, 3.8) is 0 Å². The molecule has 112 valence electrons. The van der Waals surface area contributed by atoms with Crippen LogP contribution in [0.1, 0.15) is 25.5 Å². The molecule has 1 unspecified atom stereocenters. The Morgan fingerprint density at radius 1 is 1.30 bits per heavy atom. The smallest absolute Gasteiger partial charge is 0.214 e. The van der Waals surface area contributed by atoms with Crippen LogP contribution in [0.2, 0.25) is 0 Å². The van der Waals surface area contributed by atoms with Gasteiger partial charge in [-0.25, -0.2) is 12.7 Å². The van der Waals surface area contributed by atoms with Crippen molar-refractivity contribution in [3.8, 4) is 5.75 Å². The van der Waals surface area contributed by atoms with E-state index in [2.05, 4.69) is 5.32 Å². The highest BCUT2D eigenvalue weighted by atomic mass is 32.2. The van der Waals surface area contributed by atoms with E-state index < -0.39 is 10.0 Å². The van der Waals surface area contributed by atoms with Crippen molar-refractivity contribution in [2.75, 3.05) is 26.4 Å². The van der Waals surface area contributed by atoms with Crippen molar-refractivity contribution in [2.24, 2.45) is 0 Å². The van der Waals surface area contributed by atoms with Gasteiger partial charge in [-0.2, -0.15) is 0 Å². The third kappa shape index (κ3) is 2.97. The summed E-state index contributed by atoms with van der Waals surface area (Å²) in [5, 5.41) is 3.31. The predicted molar refractivity (Wildman–Crippen MR) is 79.4 cm³/mol. The molecule has 20 heavy (non-hydrogen) atoms. The lowest BCUT2D eigenvalue weighted by Gasteiger charge is -2.27. The zero-order valence-corrected chi connectivity index (χ0v) is 13.2. The molecule has 1 aromatic carbocycles. The number of ether oxygens (including phenoxy) is 1. The number of hydrogen-bond acceptors (Lipinski definition) is 4. The zero-order chi connectivity index (χ0) is 15.0. The first-order chi connectivity index (χ1) is 9.24. The molecule has 0 spiro atoms. The lowest BCUT2D eigenvalue weighted by atomic mass is 9.94. The average molecular weight is 298 g/mol. The summed E-state index contributed by atoms with van der Waals surface area (Å²) < 4.78 is 30.7. The minimum absolute atomic E-state index is 0.00365. The fraction of sp³-hybridized carbons (Fsp3) is 0.571. The van der Waals surface area contributed by atoms with Gasteiger partial charge in [0.1, 0.15) is 11.4 Å². The Balaban J connectivity index is 2.06. The molecule has 1 aliphatic heterocycles. The number of fused-ring (bicyclic) bond motifs is 1. The van der Waals surface area contributed by atoms with Crippen LogP contribution in [0.4, 0.5) is 0 Å². The van der Waals surface area contributed by atoms with Gasteiger partial charge < -0.3 is 10.1 Å². The SMILES string of the molecule is CN(C)S(=O)(=O)CCNC1c2ccccc2OC1(C)C. The minimum atomic E-state index is -3.17. The summed E-state index contributed by atoms with van der Waals surface area (Å²) in [7, 11) is -0.0768. The van der Waals surface area contributed by atoms with E-state index >= 15 is 0 Å². The summed E-state index contributed by atoms with van der Waals surface area (Å²) >= 11 is 0. The molecule has 1 N–H and O–H groups in total. The number of para-hydroxylation sites is 1. The number of nitrogens with one attached hydrogen (secondary N) is 1. The maximum Gasteiger partial charge on any atom is 0.214 e. The van der Waals surface area contributed by atoms with Gasteiger partial charge in [0, 0.05) is 26.2 Å². The fourth-order valence-corrected chi connectivity index (χ4v) is 3.14. The molecule has 0 fully saturated rings. The molecular weight excluding hydrogens is 276 g/mol. The van der Waals surface area contributed by atoms with E-state index in [0.717, 1.165) is 11.3 Å². The maximum atomic E-state index is 11.8. The molecular formula is C14H22N2O3S. The first kappa shape index (κ1) is 15.3. The number of sulfonamides is 1. The number of benzene rings is 1. The van der Waals surface area contributed by atoms with Crippen LogP contribution in [0.5, 0.6) is 5.75 Å². The van der Waals surface area contributed by atoms with E-state index in [4.69, 9.17) is 4.74 Å². The second-order valence-electron chi connectivity index (χ2n) is 5.73. The molecule has 0 aromatic heterocycles. The molecule has 1 aliphatic rings. The van der Waals surface area contributed by atoms with Gasteiger partial charge in [0.25, 0.3) is 0 Å². The molecule has 1 atom stereocenters. The van der Waals surface area contributed by atoms with Crippen molar-refractivity contribution >= 4 is 10.0 Å². The Kier molecular flexibility index (Phi) is 4.09. The van der Waals surface area contributed by atoms with Gasteiger partial charge in [0.2, 0.25) is 10.0 Å². The summed E-state index contributed by atoms with van der Waals surface area (Å²) in [5.41, 5.74) is 0.700. The molecule has 0 saturated heterocycles. The van der Waals surface area contributed by atoms with Crippen molar-refractivity contribution in [3.05, 3.63) is 29.8 Å². The summed E-state index contributed by atoms with van der Waals surface area (Å²) in [6.07, 6.45) is 0. The highest BCUT2D eigenvalue weighted by molar-refractivity contribution is 7.89. The molecule has 0 bridgehead atoms. The van der Waals surface area contributed by atoms with Crippen molar-refractivity contribution < 1.29 is 13.2 Å². The summed E-state index contributed by atoms with van der Waals surface area (Å²) in [5.74, 6) is 0.944. The Morgan fingerprint density at radius 3 is 2.60 bits per heavy atom. The summed E-state index contributed by atoms with van der Waals surface area (Å²) in [6.45, 7) is 4.41. The Bertz CT molecular complexity index is 582. The largest absolute Gasteiger partial charge is 0.486 e. The topological polar surface area (TPSA) is 58.6 Å². The Morgan fingerprint density at radius 2 is 1.95 bits per heavy atom. The second kappa shape index (κ2) is 5.35. The van der Waals surface area contributed by atoms with Gasteiger partial charge in [-0.1, -0.05) is 18.2 Å². The van der Waals surface area contributed by atoms with Crippen LogP contribution in [-0.4, -0.2) is 44.7 Å². The molecule has 0 radical (unpaired) electrons. The molecule has 6 heteroatoms. The van der Waals surface area contributed by atoms with Gasteiger partial charge in [0.15, 0.2) is 0 Å². The van der Waals surface area contributed by atoms with Crippen molar-refractivity contribution in [1.29, 1.82) is 0 Å². The predicted octanol–water partition coefficient (Wildman–Crippen LogP) is 1.38. The van der Waals surface area contributed by atoms with Crippen LogP contribution in [0.25, 0.3) is 0 Å². The molecule has 1 heterocycles. The third-order valence-electron chi connectivity index (χ3n) is 3.56. The lowest BCUT2D eigenvalue weighted by molar-refractivity contribution is 0.0974. The molecule has 5 nitrogen and oxygen atoms in total. The van der Waals surface area contributed by atoms with Crippen LogP contribution in [-0.2, 0) is 10.0 Å². The van der Waals surface area contributed by atoms with Gasteiger partial charge >= 0.3 is 0 Å². The summed E-state index contributed by atoms with van der Waals surface area (Å²) in [6, 6.07) is 7.86. The van der Waals surface area contributed by atoms with Crippen molar-refractivity contribution in [1.82, 2.24) is 9.62 Å². The summed E-state index contributed by atoms with van der Waals surface area (Å²) in [4.78, 5) is 0. The van der Waals surface area contributed by atoms with Crippen LogP contribution in [0, 0.1) is 0 Å². The molecule has 0 saturated carbocycles. The van der Waals surface area contributed by atoms with Crippen LogP contribution >= 0.6 is 0 Å². The highest BCUT2D eigenvalue weighted by Crippen LogP contribution is 2.42. The molecule has 2 rings (SSSR count).